The van der Waals surface area contributed by atoms with E-state index in [9.17, 15) is 12.8 Å². The molecule has 0 bridgehead atoms. The lowest BCUT2D eigenvalue weighted by Gasteiger charge is -2.16. The van der Waals surface area contributed by atoms with Crippen molar-refractivity contribution in [3.05, 3.63) is 29.6 Å². The molecule has 1 N–H and O–H groups in total. The van der Waals surface area contributed by atoms with Crippen LogP contribution in [-0.2, 0) is 16.6 Å². The second-order valence-corrected chi connectivity index (χ2v) is 6.73. The highest BCUT2D eigenvalue weighted by Crippen LogP contribution is 2.19. The average Bonchev–Trinajstić information content (AvgIpc) is 2.36. The van der Waals surface area contributed by atoms with Crippen LogP contribution in [0, 0.1) is 5.82 Å². The maximum Gasteiger partial charge on any atom is 0.245 e. The summed E-state index contributed by atoms with van der Waals surface area (Å²) in [6.07, 6.45) is 0. The smallest absolute Gasteiger partial charge is 0.245 e. The predicted molar refractivity (Wildman–Crippen MR) is 73.9 cm³/mol. The van der Waals surface area contributed by atoms with Gasteiger partial charge in [0.05, 0.1) is 0 Å². The molecule has 0 atom stereocenters. The molecule has 1 aromatic carbocycles. The van der Waals surface area contributed by atoms with E-state index < -0.39 is 15.8 Å². The van der Waals surface area contributed by atoms with Crippen molar-refractivity contribution in [3.63, 3.8) is 0 Å². The Kier molecular flexibility index (Phi) is 5.46. The maximum atomic E-state index is 13.7. The van der Waals surface area contributed by atoms with Crippen molar-refractivity contribution in [1.82, 2.24) is 9.62 Å². The fourth-order valence-corrected chi connectivity index (χ4v) is 2.81. The third-order valence-electron chi connectivity index (χ3n) is 2.84. The molecular weight excluding hydrogens is 267 g/mol. The van der Waals surface area contributed by atoms with E-state index >= 15 is 0 Å². The second kappa shape index (κ2) is 6.45. The predicted octanol–water partition coefficient (Wildman–Crippen LogP) is 1.96. The van der Waals surface area contributed by atoms with E-state index in [1.54, 1.807) is 13.0 Å². The molecule has 0 heterocycles. The van der Waals surface area contributed by atoms with E-state index in [-0.39, 0.29) is 10.9 Å². The highest BCUT2D eigenvalue weighted by Gasteiger charge is 2.23. The lowest BCUT2D eigenvalue weighted by atomic mass is 10.2. The van der Waals surface area contributed by atoms with Crippen molar-refractivity contribution in [2.75, 3.05) is 13.6 Å². The summed E-state index contributed by atoms with van der Waals surface area (Å²) in [4.78, 5) is -0.264. The fourth-order valence-electron chi connectivity index (χ4n) is 1.52. The second-order valence-electron chi connectivity index (χ2n) is 4.72. The molecule has 0 aliphatic rings. The number of halogens is 1. The number of hydrogen-bond donors (Lipinski definition) is 1. The van der Waals surface area contributed by atoms with E-state index in [0.29, 0.717) is 13.1 Å². The lowest BCUT2D eigenvalue weighted by Crippen LogP contribution is -2.28. The van der Waals surface area contributed by atoms with Gasteiger partial charge in [0.15, 0.2) is 0 Å². The molecule has 1 rings (SSSR count). The molecule has 0 radical (unpaired) electrons. The molecule has 0 aliphatic carbocycles. The van der Waals surface area contributed by atoms with Gasteiger partial charge < -0.3 is 5.32 Å². The normalized spacial score (nSPS) is 12.4. The van der Waals surface area contributed by atoms with E-state index in [0.717, 1.165) is 9.87 Å². The molecule has 0 saturated carbocycles. The van der Waals surface area contributed by atoms with Gasteiger partial charge in [0, 0.05) is 26.2 Å². The van der Waals surface area contributed by atoms with Gasteiger partial charge in [0.2, 0.25) is 10.0 Å². The molecule has 0 aromatic heterocycles. The van der Waals surface area contributed by atoms with Crippen molar-refractivity contribution in [3.8, 4) is 0 Å². The molecule has 6 heteroatoms. The molecule has 0 saturated heterocycles. The van der Waals surface area contributed by atoms with E-state index in [1.807, 2.05) is 13.8 Å². The molecular formula is C13H21FN2O2S. The van der Waals surface area contributed by atoms with Crippen LogP contribution in [0.4, 0.5) is 4.39 Å². The van der Waals surface area contributed by atoms with Crippen molar-refractivity contribution in [1.29, 1.82) is 0 Å². The standard InChI is InChI=1S/C13H21FN2O2S/c1-5-16(4)19(17,18)13-8-11(6-7-12(13)14)9-15-10(2)3/h6-8,10,15H,5,9H2,1-4H3. The van der Waals surface area contributed by atoms with Crippen LogP contribution in [0.5, 0.6) is 0 Å². The minimum Gasteiger partial charge on any atom is -0.310 e. The number of nitrogens with zero attached hydrogens (tertiary/aromatic N) is 1. The zero-order valence-electron chi connectivity index (χ0n) is 11.8. The molecule has 19 heavy (non-hydrogen) atoms. The van der Waals surface area contributed by atoms with E-state index in [4.69, 9.17) is 0 Å². The van der Waals surface area contributed by atoms with Crippen LogP contribution in [0.3, 0.4) is 0 Å². The van der Waals surface area contributed by atoms with Gasteiger partial charge in [0.25, 0.3) is 0 Å². The van der Waals surface area contributed by atoms with Gasteiger partial charge in [-0.3, -0.25) is 0 Å². The van der Waals surface area contributed by atoms with Crippen LogP contribution in [-0.4, -0.2) is 32.4 Å². The Labute approximate surface area is 114 Å². The Hall–Kier alpha value is -0.980. The summed E-state index contributed by atoms with van der Waals surface area (Å²) >= 11 is 0. The molecule has 0 unspecified atom stereocenters. The van der Waals surface area contributed by atoms with Gasteiger partial charge in [-0.1, -0.05) is 26.8 Å². The lowest BCUT2D eigenvalue weighted by molar-refractivity contribution is 0.477. The maximum absolute atomic E-state index is 13.7. The van der Waals surface area contributed by atoms with Crippen molar-refractivity contribution < 1.29 is 12.8 Å². The molecule has 0 spiro atoms. The number of rotatable bonds is 6. The van der Waals surface area contributed by atoms with Gasteiger partial charge in [-0.2, -0.15) is 0 Å². The molecule has 0 aliphatic heterocycles. The summed E-state index contributed by atoms with van der Waals surface area (Å²) in [6.45, 7) is 6.50. The highest BCUT2D eigenvalue weighted by atomic mass is 32.2. The quantitative estimate of drug-likeness (QED) is 0.870. The first-order chi connectivity index (χ1) is 8.78. The summed E-state index contributed by atoms with van der Waals surface area (Å²) in [5.41, 5.74) is 0.748. The number of benzene rings is 1. The Morgan fingerprint density at radius 3 is 2.53 bits per heavy atom. The summed E-state index contributed by atoms with van der Waals surface area (Å²) in [6, 6.07) is 4.47. The number of hydrogen-bond acceptors (Lipinski definition) is 3. The number of sulfonamides is 1. The van der Waals surface area contributed by atoms with Crippen molar-refractivity contribution >= 4 is 10.0 Å². The summed E-state index contributed by atoms with van der Waals surface area (Å²) in [5.74, 6) is -0.714. The van der Waals surface area contributed by atoms with Crippen molar-refractivity contribution in [2.24, 2.45) is 0 Å². The van der Waals surface area contributed by atoms with Crippen LogP contribution in [0.15, 0.2) is 23.1 Å². The van der Waals surface area contributed by atoms with E-state index in [2.05, 4.69) is 5.32 Å². The van der Waals surface area contributed by atoms with Crippen molar-refractivity contribution in [2.45, 2.75) is 38.3 Å². The highest BCUT2D eigenvalue weighted by molar-refractivity contribution is 7.89. The fraction of sp³-hybridized carbons (Fsp3) is 0.538. The van der Waals surface area contributed by atoms with Crippen LogP contribution in [0.25, 0.3) is 0 Å². The number of nitrogens with one attached hydrogen (secondary N) is 1. The monoisotopic (exact) mass is 288 g/mol. The SMILES string of the molecule is CCN(C)S(=O)(=O)c1cc(CNC(C)C)ccc1F. The zero-order chi connectivity index (χ0) is 14.6. The summed E-state index contributed by atoms with van der Waals surface area (Å²) in [5, 5.41) is 3.17. The zero-order valence-corrected chi connectivity index (χ0v) is 12.6. The van der Waals surface area contributed by atoms with Crippen LogP contribution in [0.1, 0.15) is 26.3 Å². The van der Waals surface area contributed by atoms with Crippen LogP contribution < -0.4 is 5.32 Å². The summed E-state index contributed by atoms with van der Waals surface area (Å²) < 4.78 is 39.1. The third-order valence-corrected chi connectivity index (χ3v) is 4.79. The minimum atomic E-state index is -3.75. The Morgan fingerprint density at radius 2 is 2.00 bits per heavy atom. The topological polar surface area (TPSA) is 49.4 Å². The average molecular weight is 288 g/mol. The van der Waals surface area contributed by atoms with Gasteiger partial charge in [0.1, 0.15) is 10.7 Å². The van der Waals surface area contributed by atoms with Crippen LogP contribution >= 0.6 is 0 Å². The van der Waals surface area contributed by atoms with Crippen LogP contribution in [0.2, 0.25) is 0 Å². The Bertz CT molecular complexity index is 529. The first kappa shape index (κ1) is 16.1. The largest absolute Gasteiger partial charge is 0.310 e. The molecule has 108 valence electrons. The molecule has 0 amide bonds. The summed E-state index contributed by atoms with van der Waals surface area (Å²) in [7, 11) is -2.31. The first-order valence-electron chi connectivity index (χ1n) is 6.27. The Balaban J connectivity index is 3.10. The minimum absolute atomic E-state index is 0.264. The molecule has 1 aromatic rings. The van der Waals surface area contributed by atoms with Gasteiger partial charge >= 0.3 is 0 Å². The van der Waals surface area contributed by atoms with Gasteiger partial charge in [-0.05, 0) is 17.7 Å². The first-order valence-corrected chi connectivity index (χ1v) is 7.71. The molecule has 4 nitrogen and oxygen atoms in total. The Morgan fingerprint density at radius 1 is 1.37 bits per heavy atom. The van der Waals surface area contributed by atoms with E-state index in [1.165, 1.54) is 19.2 Å². The van der Waals surface area contributed by atoms with Gasteiger partial charge in [-0.25, -0.2) is 17.1 Å². The van der Waals surface area contributed by atoms with Gasteiger partial charge in [-0.15, -0.1) is 0 Å². The molecule has 0 fully saturated rings. The third kappa shape index (κ3) is 3.99.